The van der Waals surface area contributed by atoms with Crippen LogP contribution < -0.4 is 29.0 Å². The number of hydrogen-bond donors (Lipinski definition) is 2. The van der Waals surface area contributed by atoms with E-state index in [4.69, 9.17) is 23.7 Å². The smallest absolute Gasteiger partial charge is 0.340 e. The van der Waals surface area contributed by atoms with Gasteiger partial charge in [0.1, 0.15) is 13.2 Å². The fourth-order valence-corrected chi connectivity index (χ4v) is 4.75. The van der Waals surface area contributed by atoms with E-state index in [9.17, 15) is 18.0 Å². The first-order chi connectivity index (χ1) is 17.9. The number of hydrogen-bond acceptors (Lipinski definition) is 9. The molecule has 37 heavy (non-hydrogen) atoms. The predicted molar refractivity (Wildman–Crippen MR) is 129 cm³/mol. The van der Waals surface area contributed by atoms with Crippen molar-refractivity contribution >= 4 is 27.6 Å². The van der Waals surface area contributed by atoms with Gasteiger partial charge in [-0.15, -0.1) is 0 Å². The lowest BCUT2D eigenvalue weighted by Gasteiger charge is -2.19. The van der Waals surface area contributed by atoms with Crippen molar-refractivity contribution in [3.63, 3.8) is 0 Å². The SMILES string of the molecule is O=C(COC(=O)c1ccccc1NS(=O)(=O)c1ccc2c(c1)OCCO2)NCc1ccc2c(c1)OCO2. The predicted octanol–water partition coefficient (Wildman–Crippen LogP) is 2.46. The number of rotatable bonds is 8. The van der Waals surface area contributed by atoms with Crippen LogP contribution in [-0.2, 0) is 26.1 Å². The molecule has 3 aromatic rings. The zero-order chi connectivity index (χ0) is 25.8. The molecule has 0 saturated carbocycles. The summed E-state index contributed by atoms with van der Waals surface area (Å²) in [6.07, 6.45) is 0. The van der Waals surface area contributed by atoms with Crippen molar-refractivity contribution < 1.29 is 41.7 Å². The molecule has 2 aliphatic rings. The monoisotopic (exact) mass is 526 g/mol. The summed E-state index contributed by atoms with van der Waals surface area (Å²) >= 11 is 0. The van der Waals surface area contributed by atoms with Crippen LogP contribution in [0.25, 0.3) is 0 Å². The van der Waals surface area contributed by atoms with Crippen LogP contribution in [0.3, 0.4) is 0 Å². The number of anilines is 1. The Bertz CT molecular complexity index is 1460. The molecule has 2 heterocycles. The van der Waals surface area contributed by atoms with E-state index in [0.717, 1.165) is 5.56 Å². The van der Waals surface area contributed by atoms with Gasteiger partial charge in [0, 0.05) is 12.6 Å². The van der Waals surface area contributed by atoms with Crippen molar-refractivity contribution in [2.45, 2.75) is 11.4 Å². The average Bonchev–Trinajstić information content (AvgIpc) is 3.38. The Morgan fingerprint density at radius 3 is 2.41 bits per heavy atom. The summed E-state index contributed by atoms with van der Waals surface area (Å²) in [7, 11) is -4.07. The van der Waals surface area contributed by atoms with E-state index in [0.29, 0.717) is 36.2 Å². The Morgan fingerprint density at radius 1 is 0.838 bits per heavy atom. The molecule has 2 N–H and O–H groups in total. The highest BCUT2D eigenvalue weighted by atomic mass is 32.2. The first kappa shape index (κ1) is 24.3. The lowest BCUT2D eigenvalue weighted by molar-refractivity contribution is -0.124. The van der Waals surface area contributed by atoms with E-state index in [-0.39, 0.29) is 29.5 Å². The van der Waals surface area contributed by atoms with Gasteiger partial charge in [-0.25, -0.2) is 13.2 Å². The molecule has 1 amide bonds. The topological polar surface area (TPSA) is 138 Å². The molecule has 0 aliphatic carbocycles. The van der Waals surface area contributed by atoms with Crippen LogP contribution in [0.15, 0.2) is 65.6 Å². The third-order valence-electron chi connectivity index (χ3n) is 5.48. The quantitative estimate of drug-likeness (QED) is 0.424. The molecule has 0 fully saturated rings. The summed E-state index contributed by atoms with van der Waals surface area (Å²) in [5.41, 5.74) is 0.734. The largest absolute Gasteiger partial charge is 0.486 e. The number of amides is 1. The van der Waals surface area contributed by atoms with E-state index < -0.39 is 28.5 Å². The molecular weight excluding hydrogens is 504 g/mol. The second-order valence-electron chi connectivity index (χ2n) is 8.00. The van der Waals surface area contributed by atoms with Crippen LogP contribution in [0.1, 0.15) is 15.9 Å². The van der Waals surface area contributed by atoms with Gasteiger partial charge in [0.05, 0.1) is 16.1 Å². The third kappa shape index (κ3) is 5.54. The van der Waals surface area contributed by atoms with Gasteiger partial charge in [0.15, 0.2) is 29.6 Å². The summed E-state index contributed by atoms with van der Waals surface area (Å²) in [6, 6.07) is 15.4. The fourth-order valence-electron chi connectivity index (χ4n) is 3.66. The Kier molecular flexibility index (Phi) is 6.73. The maximum absolute atomic E-state index is 13.0. The van der Waals surface area contributed by atoms with Crippen LogP contribution in [0, 0.1) is 0 Å². The van der Waals surface area contributed by atoms with Crippen molar-refractivity contribution in [3.8, 4) is 23.0 Å². The number of ether oxygens (including phenoxy) is 5. The molecular formula is C25H22N2O9S. The Labute approximate surface area is 212 Å². The Morgan fingerprint density at radius 2 is 1.54 bits per heavy atom. The Hall–Kier alpha value is -4.45. The van der Waals surface area contributed by atoms with Crippen molar-refractivity contribution in [2.24, 2.45) is 0 Å². The van der Waals surface area contributed by atoms with Gasteiger partial charge in [-0.1, -0.05) is 18.2 Å². The molecule has 0 saturated heterocycles. The van der Waals surface area contributed by atoms with Crippen molar-refractivity contribution in [1.29, 1.82) is 0 Å². The number of carbonyl (C=O) groups excluding carboxylic acids is 2. The fraction of sp³-hybridized carbons (Fsp3) is 0.200. The number of benzene rings is 3. The molecule has 11 nitrogen and oxygen atoms in total. The summed E-state index contributed by atoms with van der Waals surface area (Å²) < 4.78 is 54.9. The van der Waals surface area contributed by atoms with E-state index in [1.165, 1.54) is 30.3 Å². The van der Waals surface area contributed by atoms with E-state index in [1.54, 1.807) is 30.3 Å². The summed E-state index contributed by atoms with van der Waals surface area (Å²) in [5, 5.41) is 2.65. The number of fused-ring (bicyclic) bond motifs is 2. The minimum absolute atomic E-state index is 0.00292. The molecule has 12 heteroatoms. The number of carbonyl (C=O) groups is 2. The molecule has 2 aliphatic heterocycles. The highest BCUT2D eigenvalue weighted by molar-refractivity contribution is 7.92. The van der Waals surface area contributed by atoms with Crippen LogP contribution in [0.5, 0.6) is 23.0 Å². The number of sulfonamides is 1. The molecule has 5 rings (SSSR count). The average molecular weight is 527 g/mol. The lowest BCUT2D eigenvalue weighted by Crippen LogP contribution is -2.28. The number of para-hydroxylation sites is 1. The third-order valence-corrected chi connectivity index (χ3v) is 6.84. The van der Waals surface area contributed by atoms with Crippen LogP contribution in [0.4, 0.5) is 5.69 Å². The zero-order valence-electron chi connectivity index (χ0n) is 19.4. The van der Waals surface area contributed by atoms with E-state index >= 15 is 0 Å². The second kappa shape index (κ2) is 10.3. The second-order valence-corrected chi connectivity index (χ2v) is 9.68. The van der Waals surface area contributed by atoms with Gasteiger partial charge in [-0.2, -0.15) is 0 Å². The van der Waals surface area contributed by atoms with Crippen LogP contribution >= 0.6 is 0 Å². The van der Waals surface area contributed by atoms with Gasteiger partial charge in [0.2, 0.25) is 6.79 Å². The first-order valence-electron chi connectivity index (χ1n) is 11.2. The summed E-state index contributed by atoms with van der Waals surface area (Å²) in [4.78, 5) is 24.8. The van der Waals surface area contributed by atoms with Crippen molar-refractivity contribution in [3.05, 3.63) is 71.8 Å². The number of nitrogens with one attached hydrogen (secondary N) is 2. The van der Waals surface area contributed by atoms with Crippen LogP contribution in [-0.4, -0.2) is 46.9 Å². The highest BCUT2D eigenvalue weighted by Crippen LogP contribution is 2.33. The van der Waals surface area contributed by atoms with Gasteiger partial charge in [-0.05, 0) is 42.0 Å². The molecule has 0 unspecified atom stereocenters. The molecule has 0 aromatic heterocycles. The molecule has 3 aromatic carbocycles. The van der Waals surface area contributed by atoms with Gasteiger partial charge in [0.25, 0.3) is 15.9 Å². The van der Waals surface area contributed by atoms with Gasteiger partial charge < -0.3 is 29.0 Å². The molecule has 0 spiro atoms. The lowest BCUT2D eigenvalue weighted by atomic mass is 10.2. The van der Waals surface area contributed by atoms with Gasteiger partial charge in [-0.3, -0.25) is 9.52 Å². The van der Waals surface area contributed by atoms with Crippen molar-refractivity contribution in [2.75, 3.05) is 31.3 Å². The minimum Gasteiger partial charge on any atom is -0.486 e. The molecule has 0 bridgehead atoms. The van der Waals surface area contributed by atoms with Crippen molar-refractivity contribution in [1.82, 2.24) is 5.32 Å². The van der Waals surface area contributed by atoms with Gasteiger partial charge >= 0.3 is 5.97 Å². The molecule has 192 valence electrons. The number of esters is 1. The van der Waals surface area contributed by atoms with E-state index in [1.807, 2.05) is 0 Å². The standard InChI is InChI=1S/C25H22N2O9S/c28-24(26-13-16-5-7-21-22(11-16)36-15-35-21)14-34-25(29)18-3-1-2-4-19(18)27-37(30,31)17-6-8-20-23(12-17)33-10-9-32-20/h1-8,11-12,27H,9-10,13-15H2,(H,26,28). The summed E-state index contributed by atoms with van der Waals surface area (Å²) in [5.74, 6) is 0.597. The minimum atomic E-state index is -4.07. The Balaban J connectivity index is 1.20. The van der Waals surface area contributed by atoms with E-state index in [2.05, 4.69) is 10.0 Å². The summed E-state index contributed by atoms with van der Waals surface area (Å²) in [6.45, 7) is 0.479. The highest BCUT2D eigenvalue weighted by Gasteiger charge is 2.23. The normalized spacial score (nSPS) is 13.5. The molecule has 0 atom stereocenters. The maximum atomic E-state index is 13.0. The first-order valence-corrected chi connectivity index (χ1v) is 12.7. The zero-order valence-corrected chi connectivity index (χ0v) is 20.2. The maximum Gasteiger partial charge on any atom is 0.340 e. The molecule has 0 radical (unpaired) electrons. The van der Waals surface area contributed by atoms with Crippen LogP contribution in [0.2, 0.25) is 0 Å².